The molecule has 0 aliphatic carbocycles. The molecule has 0 aliphatic heterocycles. The topological polar surface area (TPSA) is 96.2 Å². The Morgan fingerprint density at radius 3 is 2.65 bits per heavy atom. The van der Waals surface area contributed by atoms with E-state index in [1.165, 1.54) is 22.9 Å². The highest BCUT2D eigenvalue weighted by molar-refractivity contribution is 6.31. The predicted molar refractivity (Wildman–Crippen MR) is 74.3 cm³/mol. The molecule has 0 radical (unpaired) electrons. The number of hydrogen-bond acceptors (Lipinski definition) is 3. The van der Waals surface area contributed by atoms with Crippen LogP contribution in [0, 0.1) is 0 Å². The number of carbonyl (C=O) groups is 2. The molecule has 3 N–H and O–H groups in total. The number of nitrogens with one attached hydrogen (secondary N) is 2. The number of aryl methyl sites for hydroxylation is 1. The van der Waals surface area contributed by atoms with E-state index in [2.05, 4.69) is 15.7 Å². The number of carbonyl (C=O) groups excluding carboxylic acids is 1. The van der Waals surface area contributed by atoms with E-state index in [9.17, 15) is 9.59 Å². The van der Waals surface area contributed by atoms with Gasteiger partial charge in [-0.25, -0.2) is 9.59 Å². The van der Waals surface area contributed by atoms with E-state index in [4.69, 9.17) is 16.7 Å². The summed E-state index contributed by atoms with van der Waals surface area (Å²) in [6.45, 7) is 0. The van der Waals surface area contributed by atoms with Crippen molar-refractivity contribution in [2.45, 2.75) is 0 Å². The average molecular weight is 295 g/mol. The maximum Gasteiger partial charge on any atom is 0.335 e. The van der Waals surface area contributed by atoms with Crippen LogP contribution in [0.2, 0.25) is 5.02 Å². The lowest BCUT2D eigenvalue weighted by Gasteiger charge is -2.07. The van der Waals surface area contributed by atoms with Gasteiger partial charge in [0.25, 0.3) is 0 Å². The molecule has 0 bridgehead atoms. The first kappa shape index (κ1) is 13.9. The second-order valence-corrected chi connectivity index (χ2v) is 4.42. The van der Waals surface area contributed by atoms with Gasteiger partial charge in [-0.1, -0.05) is 11.6 Å². The molecule has 0 spiro atoms. The number of amides is 2. The maximum absolute atomic E-state index is 11.7. The van der Waals surface area contributed by atoms with Crippen LogP contribution in [-0.2, 0) is 7.05 Å². The predicted octanol–water partition coefficient (Wildman–Crippen LogP) is 2.42. The van der Waals surface area contributed by atoms with E-state index in [0.717, 1.165) is 0 Å². The van der Waals surface area contributed by atoms with Gasteiger partial charge in [0.15, 0.2) is 5.82 Å². The molecule has 0 atom stereocenters. The number of hydrogen-bond donors (Lipinski definition) is 3. The lowest BCUT2D eigenvalue weighted by Crippen LogP contribution is -2.20. The largest absolute Gasteiger partial charge is 0.478 e. The molecule has 0 saturated carbocycles. The van der Waals surface area contributed by atoms with Gasteiger partial charge in [0.2, 0.25) is 0 Å². The van der Waals surface area contributed by atoms with Crippen LogP contribution in [0.4, 0.5) is 16.3 Å². The van der Waals surface area contributed by atoms with E-state index in [0.29, 0.717) is 5.82 Å². The Morgan fingerprint density at radius 2 is 2.05 bits per heavy atom. The molecule has 2 rings (SSSR count). The van der Waals surface area contributed by atoms with Crippen LogP contribution in [0.5, 0.6) is 0 Å². The van der Waals surface area contributed by atoms with Gasteiger partial charge in [0.1, 0.15) is 0 Å². The summed E-state index contributed by atoms with van der Waals surface area (Å²) in [4.78, 5) is 22.6. The normalized spacial score (nSPS) is 10.1. The number of rotatable bonds is 3. The van der Waals surface area contributed by atoms with Crippen LogP contribution in [0.25, 0.3) is 0 Å². The van der Waals surface area contributed by atoms with Gasteiger partial charge in [-0.15, -0.1) is 0 Å². The van der Waals surface area contributed by atoms with Gasteiger partial charge in [0, 0.05) is 30.0 Å². The minimum Gasteiger partial charge on any atom is -0.478 e. The minimum absolute atomic E-state index is 0.00867. The highest BCUT2D eigenvalue weighted by atomic mass is 35.5. The third kappa shape index (κ3) is 3.48. The minimum atomic E-state index is -1.12. The van der Waals surface area contributed by atoms with Crippen LogP contribution >= 0.6 is 11.6 Å². The van der Waals surface area contributed by atoms with Crippen molar-refractivity contribution < 1.29 is 14.7 Å². The van der Waals surface area contributed by atoms with Crippen LogP contribution in [-0.4, -0.2) is 26.9 Å². The summed E-state index contributed by atoms with van der Waals surface area (Å²) in [5.74, 6) is -0.744. The Labute approximate surface area is 119 Å². The molecule has 1 aromatic carbocycles. The Balaban J connectivity index is 2.09. The number of aromatic carboxylic acids is 1. The third-order valence-corrected chi connectivity index (χ3v) is 2.58. The Bertz CT molecular complexity index is 668. The van der Waals surface area contributed by atoms with Crippen molar-refractivity contribution in [1.82, 2.24) is 9.78 Å². The lowest BCUT2D eigenvalue weighted by atomic mass is 10.2. The summed E-state index contributed by atoms with van der Waals surface area (Å²) >= 11 is 5.79. The molecule has 0 aliphatic rings. The van der Waals surface area contributed by atoms with Gasteiger partial charge >= 0.3 is 12.0 Å². The number of carboxylic acid groups (broad SMARTS) is 1. The van der Waals surface area contributed by atoms with Crippen molar-refractivity contribution in [2.75, 3.05) is 10.6 Å². The Hall–Kier alpha value is -2.54. The smallest absolute Gasteiger partial charge is 0.335 e. The molecule has 104 valence electrons. The number of urea groups is 1. The zero-order chi connectivity index (χ0) is 14.7. The first-order valence-corrected chi connectivity index (χ1v) is 5.93. The number of nitrogens with zero attached hydrogens (tertiary/aromatic N) is 2. The number of anilines is 2. The summed E-state index contributed by atoms with van der Waals surface area (Å²) in [6, 6.07) is 5.15. The van der Waals surface area contributed by atoms with Crippen molar-refractivity contribution >= 4 is 35.1 Å². The quantitative estimate of drug-likeness (QED) is 0.810. The van der Waals surface area contributed by atoms with E-state index in [1.54, 1.807) is 19.3 Å². The molecule has 2 aromatic rings. The van der Waals surface area contributed by atoms with E-state index < -0.39 is 12.0 Å². The molecule has 2 amide bonds. The molecule has 0 fully saturated rings. The fourth-order valence-corrected chi connectivity index (χ4v) is 1.78. The van der Waals surface area contributed by atoms with Crippen molar-refractivity contribution in [1.29, 1.82) is 0 Å². The summed E-state index contributed by atoms with van der Waals surface area (Å²) < 4.78 is 1.54. The molecule has 20 heavy (non-hydrogen) atoms. The summed E-state index contributed by atoms with van der Waals surface area (Å²) in [5.41, 5.74) is 0.272. The van der Waals surface area contributed by atoms with Crippen LogP contribution in [0.1, 0.15) is 10.4 Å². The van der Waals surface area contributed by atoms with Crippen LogP contribution in [0.15, 0.2) is 30.5 Å². The molecule has 0 unspecified atom stereocenters. The van der Waals surface area contributed by atoms with Crippen molar-refractivity contribution in [3.8, 4) is 0 Å². The van der Waals surface area contributed by atoms with E-state index in [-0.39, 0.29) is 16.3 Å². The number of aromatic nitrogens is 2. The van der Waals surface area contributed by atoms with Gasteiger partial charge in [-0.05, 0) is 18.2 Å². The first-order chi connectivity index (χ1) is 9.44. The number of carboxylic acids is 1. The van der Waals surface area contributed by atoms with E-state index in [1.807, 2.05) is 0 Å². The van der Waals surface area contributed by atoms with Gasteiger partial charge < -0.3 is 10.4 Å². The fourth-order valence-electron chi connectivity index (χ4n) is 1.55. The van der Waals surface area contributed by atoms with Gasteiger partial charge in [0.05, 0.1) is 5.56 Å². The van der Waals surface area contributed by atoms with Gasteiger partial charge in [-0.3, -0.25) is 10.00 Å². The van der Waals surface area contributed by atoms with Crippen molar-refractivity contribution in [3.05, 3.63) is 41.0 Å². The molecule has 8 heteroatoms. The zero-order valence-corrected chi connectivity index (χ0v) is 11.2. The standard InChI is InChI=1S/C12H11ClN4O3/c1-17-3-2-10(16-17)15-12(20)14-9-5-7(11(18)19)4-8(13)6-9/h2-6H,1H3,(H,18,19)(H2,14,15,16,20). The number of halogens is 1. The Kier molecular flexibility index (Phi) is 3.90. The second kappa shape index (κ2) is 5.62. The molecular weight excluding hydrogens is 284 g/mol. The molecule has 1 aromatic heterocycles. The average Bonchev–Trinajstić information content (AvgIpc) is 2.73. The van der Waals surface area contributed by atoms with Gasteiger partial charge in [-0.2, -0.15) is 5.10 Å². The lowest BCUT2D eigenvalue weighted by molar-refractivity contribution is 0.0697. The third-order valence-electron chi connectivity index (χ3n) is 2.36. The summed E-state index contributed by atoms with van der Waals surface area (Å²) in [7, 11) is 1.72. The summed E-state index contributed by atoms with van der Waals surface area (Å²) in [6.07, 6.45) is 1.68. The number of benzene rings is 1. The monoisotopic (exact) mass is 294 g/mol. The molecule has 1 heterocycles. The molecular formula is C12H11ClN4O3. The van der Waals surface area contributed by atoms with Crippen molar-refractivity contribution in [3.63, 3.8) is 0 Å². The van der Waals surface area contributed by atoms with E-state index >= 15 is 0 Å². The first-order valence-electron chi connectivity index (χ1n) is 5.55. The maximum atomic E-state index is 11.7. The van der Waals surface area contributed by atoms with Crippen LogP contribution in [0.3, 0.4) is 0 Å². The van der Waals surface area contributed by atoms with Crippen molar-refractivity contribution in [2.24, 2.45) is 7.05 Å². The fraction of sp³-hybridized carbons (Fsp3) is 0.0833. The van der Waals surface area contributed by atoms with Crippen LogP contribution < -0.4 is 10.6 Å². The Morgan fingerprint density at radius 1 is 1.30 bits per heavy atom. The molecule has 7 nitrogen and oxygen atoms in total. The highest BCUT2D eigenvalue weighted by Crippen LogP contribution is 2.19. The second-order valence-electron chi connectivity index (χ2n) is 3.99. The summed E-state index contributed by atoms with van der Waals surface area (Å²) in [5, 5.41) is 18.1. The SMILES string of the molecule is Cn1ccc(NC(=O)Nc2cc(Cl)cc(C(=O)O)c2)n1. The zero-order valence-electron chi connectivity index (χ0n) is 10.4. The molecule has 0 saturated heterocycles. The highest BCUT2D eigenvalue weighted by Gasteiger charge is 2.09.